The molecule has 3 rings (SSSR count). The molecule has 2 fully saturated rings. The van der Waals surface area contributed by atoms with E-state index in [1.54, 1.807) is 0 Å². The van der Waals surface area contributed by atoms with E-state index >= 15 is 0 Å². The number of aliphatic hydroxyl groups excluding tert-OH is 2. The van der Waals surface area contributed by atoms with Gasteiger partial charge < -0.3 is 15.1 Å². The molecule has 2 N–H and O–H groups in total. The van der Waals surface area contributed by atoms with Gasteiger partial charge in [-0.1, -0.05) is 50.0 Å². The minimum atomic E-state index is -0.385. The Balaban J connectivity index is 1.37. The quantitative estimate of drug-likeness (QED) is 0.369. The number of rotatable bonds is 11. The van der Waals surface area contributed by atoms with Crippen molar-refractivity contribution in [2.45, 2.75) is 83.3 Å². The molecule has 30 heavy (non-hydrogen) atoms. The molecule has 3 aliphatic rings. The first-order chi connectivity index (χ1) is 14.6. The lowest BCUT2D eigenvalue weighted by molar-refractivity contribution is -0.131. The first-order valence-electron chi connectivity index (χ1n) is 12.2. The molecule has 0 aromatic heterocycles. The fraction of sp³-hybridized carbons (Fsp3) is 0.800. The van der Waals surface area contributed by atoms with Crippen molar-refractivity contribution in [1.82, 2.24) is 4.90 Å². The average Bonchev–Trinajstić information content (AvgIpc) is 3.26. The molecule has 4 nitrogen and oxygen atoms in total. The van der Waals surface area contributed by atoms with Gasteiger partial charge in [-0.05, 0) is 50.4 Å². The van der Waals surface area contributed by atoms with Gasteiger partial charge in [-0.15, -0.1) is 0 Å². The molecular weight excluding hydrogens is 394 g/mol. The molecule has 1 heterocycles. The maximum absolute atomic E-state index is 12.3. The number of nitrogens with zero attached hydrogens (tertiary/aromatic N) is 1. The number of hydrogen-bond donors (Lipinski definition) is 2. The van der Waals surface area contributed by atoms with Crippen LogP contribution in [0.25, 0.3) is 0 Å². The molecule has 1 saturated heterocycles. The Labute approximate surface area is 187 Å². The molecule has 0 aromatic rings. The summed E-state index contributed by atoms with van der Waals surface area (Å²) in [4.78, 5) is 14.3. The SMILES string of the molecule is CCCCC[C@H](O)C=C[C@@H]1[C@H]2CC(CSCCC(=O)N3CCCCC3)=C[C@H]2C[C@H]1O. The van der Waals surface area contributed by atoms with Crippen LogP contribution in [-0.2, 0) is 4.79 Å². The first-order valence-corrected chi connectivity index (χ1v) is 13.3. The van der Waals surface area contributed by atoms with E-state index in [0.717, 1.165) is 69.5 Å². The van der Waals surface area contributed by atoms with Crippen LogP contribution in [-0.4, -0.2) is 57.8 Å². The van der Waals surface area contributed by atoms with Crippen molar-refractivity contribution in [3.05, 3.63) is 23.8 Å². The zero-order chi connectivity index (χ0) is 21.3. The summed E-state index contributed by atoms with van der Waals surface area (Å²) in [6, 6.07) is 0. The van der Waals surface area contributed by atoms with Crippen LogP contribution < -0.4 is 0 Å². The molecule has 5 heteroatoms. The summed E-state index contributed by atoms with van der Waals surface area (Å²) in [5, 5.41) is 20.7. The van der Waals surface area contributed by atoms with Gasteiger partial charge in [0.1, 0.15) is 0 Å². The Morgan fingerprint density at radius 3 is 2.87 bits per heavy atom. The minimum Gasteiger partial charge on any atom is -0.392 e. The van der Waals surface area contributed by atoms with E-state index in [0.29, 0.717) is 24.2 Å². The smallest absolute Gasteiger partial charge is 0.223 e. The Kier molecular flexibility index (Phi) is 9.79. The Bertz CT molecular complexity index is 599. The second kappa shape index (κ2) is 12.3. The van der Waals surface area contributed by atoms with Gasteiger partial charge in [0.2, 0.25) is 5.91 Å². The Morgan fingerprint density at radius 2 is 2.10 bits per heavy atom. The van der Waals surface area contributed by atoms with E-state index in [1.165, 1.54) is 18.4 Å². The van der Waals surface area contributed by atoms with Gasteiger partial charge in [0.05, 0.1) is 12.2 Å². The molecule has 1 amide bonds. The molecule has 2 aliphatic carbocycles. The highest BCUT2D eigenvalue weighted by atomic mass is 32.2. The molecule has 1 saturated carbocycles. The summed E-state index contributed by atoms with van der Waals surface area (Å²) in [6.45, 7) is 4.07. The fourth-order valence-electron chi connectivity index (χ4n) is 5.33. The standard InChI is InChI=1S/C25H41NO3S/c1-2-3-5-8-21(27)9-10-22-23-16-19(15-20(23)17-24(22)28)18-30-14-11-25(29)26-12-6-4-7-13-26/h9-10,15,20-24,27-28H,2-8,11-14,16-18H2,1H3/t20-,21-,22+,23-,24+/m0/s1. The summed E-state index contributed by atoms with van der Waals surface area (Å²) in [5.41, 5.74) is 1.48. The summed E-state index contributed by atoms with van der Waals surface area (Å²) < 4.78 is 0. The largest absolute Gasteiger partial charge is 0.392 e. The third kappa shape index (κ3) is 6.86. The predicted molar refractivity (Wildman–Crippen MR) is 125 cm³/mol. The zero-order valence-corrected chi connectivity index (χ0v) is 19.5. The third-order valence-corrected chi connectivity index (χ3v) is 8.13. The lowest BCUT2D eigenvalue weighted by atomic mass is 9.89. The summed E-state index contributed by atoms with van der Waals surface area (Å²) >= 11 is 1.88. The number of amides is 1. The van der Waals surface area contributed by atoms with Crippen molar-refractivity contribution in [3.63, 3.8) is 0 Å². The van der Waals surface area contributed by atoms with E-state index in [9.17, 15) is 15.0 Å². The summed E-state index contributed by atoms with van der Waals surface area (Å²) in [7, 11) is 0. The van der Waals surface area contributed by atoms with Crippen molar-refractivity contribution in [3.8, 4) is 0 Å². The van der Waals surface area contributed by atoms with E-state index in [4.69, 9.17) is 0 Å². The molecule has 5 atom stereocenters. The van der Waals surface area contributed by atoms with Crippen LogP contribution in [0, 0.1) is 17.8 Å². The molecule has 0 spiro atoms. The van der Waals surface area contributed by atoms with Crippen LogP contribution in [0.15, 0.2) is 23.8 Å². The lowest BCUT2D eigenvalue weighted by Gasteiger charge is -2.26. The van der Waals surface area contributed by atoms with Gasteiger partial charge in [-0.2, -0.15) is 11.8 Å². The number of allylic oxidation sites excluding steroid dienone is 1. The normalized spacial score (nSPS) is 30.0. The topological polar surface area (TPSA) is 60.8 Å². The van der Waals surface area contributed by atoms with Gasteiger partial charge in [0.15, 0.2) is 0 Å². The van der Waals surface area contributed by atoms with Crippen molar-refractivity contribution < 1.29 is 15.0 Å². The van der Waals surface area contributed by atoms with Crippen molar-refractivity contribution in [1.29, 1.82) is 0 Å². The number of hydrogen-bond acceptors (Lipinski definition) is 4. The summed E-state index contributed by atoms with van der Waals surface area (Å²) in [5.74, 6) is 3.34. The highest BCUT2D eigenvalue weighted by molar-refractivity contribution is 7.99. The fourth-order valence-corrected chi connectivity index (χ4v) is 6.27. The Morgan fingerprint density at radius 1 is 1.30 bits per heavy atom. The Hall–Kier alpha value is -0.780. The van der Waals surface area contributed by atoms with Gasteiger partial charge in [-0.3, -0.25) is 4.79 Å². The predicted octanol–water partition coefficient (Wildman–Crippen LogP) is 4.56. The molecule has 0 aromatic carbocycles. The number of fused-ring (bicyclic) bond motifs is 1. The van der Waals surface area contributed by atoms with Gasteiger partial charge in [-0.25, -0.2) is 0 Å². The van der Waals surface area contributed by atoms with Gasteiger partial charge in [0, 0.05) is 36.9 Å². The number of carbonyl (C=O) groups is 1. The lowest BCUT2D eigenvalue weighted by Crippen LogP contribution is -2.35. The second-order valence-corrected chi connectivity index (χ2v) is 10.5. The summed E-state index contributed by atoms with van der Waals surface area (Å²) in [6.07, 6.45) is 16.1. The van der Waals surface area contributed by atoms with E-state index in [-0.39, 0.29) is 18.1 Å². The van der Waals surface area contributed by atoms with Crippen LogP contribution in [0.4, 0.5) is 0 Å². The highest BCUT2D eigenvalue weighted by Gasteiger charge is 2.43. The number of thioether (sulfide) groups is 1. The number of likely N-dealkylation sites (tertiary alicyclic amines) is 1. The zero-order valence-electron chi connectivity index (χ0n) is 18.7. The van der Waals surface area contributed by atoms with E-state index < -0.39 is 0 Å². The maximum atomic E-state index is 12.3. The average molecular weight is 436 g/mol. The third-order valence-electron chi connectivity index (χ3n) is 7.07. The van der Waals surface area contributed by atoms with E-state index in [2.05, 4.69) is 19.1 Å². The van der Waals surface area contributed by atoms with E-state index in [1.807, 2.05) is 22.7 Å². The molecule has 0 bridgehead atoms. The van der Waals surface area contributed by atoms with Crippen LogP contribution in [0.5, 0.6) is 0 Å². The minimum absolute atomic E-state index is 0.162. The molecule has 0 unspecified atom stereocenters. The number of piperidine rings is 1. The van der Waals surface area contributed by atoms with Gasteiger partial charge >= 0.3 is 0 Å². The maximum Gasteiger partial charge on any atom is 0.223 e. The number of carbonyl (C=O) groups excluding carboxylic acids is 1. The number of aliphatic hydroxyl groups is 2. The van der Waals surface area contributed by atoms with Crippen LogP contribution in [0.2, 0.25) is 0 Å². The molecule has 170 valence electrons. The second-order valence-electron chi connectivity index (χ2n) is 9.43. The van der Waals surface area contributed by atoms with Crippen LogP contribution in [0.1, 0.15) is 71.1 Å². The molecule has 1 aliphatic heterocycles. The van der Waals surface area contributed by atoms with Gasteiger partial charge in [0.25, 0.3) is 0 Å². The first kappa shape index (κ1) is 23.9. The molecule has 0 radical (unpaired) electrons. The van der Waals surface area contributed by atoms with Crippen LogP contribution >= 0.6 is 11.8 Å². The van der Waals surface area contributed by atoms with Crippen molar-refractivity contribution in [2.24, 2.45) is 17.8 Å². The van der Waals surface area contributed by atoms with Crippen molar-refractivity contribution in [2.75, 3.05) is 24.6 Å². The highest BCUT2D eigenvalue weighted by Crippen LogP contribution is 2.47. The molecular formula is C25H41NO3S. The number of unbranched alkanes of at least 4 members (excludes halogenated alkanes) is 2. The van der Waals surface area contributed by atoms with Crippen molar-refractivity contribution >= 4 is 17.7 Å². The monoisotopic (exact) mass is 435 g/mol. The van der Waals surface area contributed by atoms with Crippen LogP contribution in [0.3, 0.4) is 0 Å².